The highest BCUT2D eigenvalue weighted by Crippen LogP contribution is 2.22. The standard InChI is InChI=1S/C15H18N2O2S/c1-10-4-5-13(16)11(6-10)8-17-9-12(20-3)7-14(17)15(18)19-2/h4-7,9H,8,16H2,1-3H3. The van der Waals surface area contributed by atoms with Crippen LogP contribution < -0.4 is 5.73 Å². The molecule has 2 N–H and O–H groups in total. The summed E-state index contributed by atoms with van der Waals surface area (Å²) in [4.78, 5) is 12.8. The van der Waals surface area contributed by atoms with E-state index in [1.54, 1.807) is 11.8 Å². The molecule has 2 aromatic rings. The van der Waals surface area contributed by atoms with Crippen LogP contribution >= 0.6 is 11.8 Å². The predicted molar refractivity (Wildman–Crippen MR) is 82.2 cm³/mol. The van der Waals surface area contributed by atoms with Gasteiger partial charge in [-0.3, -0.25) is 0 Å². The van der Waals surface area contributed by atoms with Crippen LogP contribution in [0.25, 0.3) is 0 Å². The number of carbonyl (C=O) groups is 1. The topological polar surface area (TPSA) is 57.2 Å². The van der Waals surface area contributed by atoms with Crippen molar-refractivity contribution in [3.8, 4) is 0 Å². The lowest BCUT2D eigenvalue weighted by Gasteiger charge is -2.10. The van der Waals surface area contributed by atoms with Gasteiger partial charge in [0.1, 0.15) is 5.69 Å². The van der Waals surface area contributed by atoms with Crippen molar-refractivity contribution in [1.29, 1.82) is 0 Å². The number of esters is 1. The number of nitrogen functional groups attached to an aromatic ring is 1. The number of aromatic nitrogens is 1. The van der Waals surface area contributed by atoms with Crippen LogP contribution in [-0.2, 0) is 11.3 Å². The number of methoxy groups -OCH3 is 1. The molecule has 5 heteroatoms. The monoisotopic (exact) mass is 290 g/mol. The van der Waals surface area contributed by atoms with Gasteiger partial charge in [0.05, 0.1) is 7.11 Å². The zero-order chi connectivity index (χ0) is 14.7. The summed E-state index contributed by atoms with van der Waals surface area (Å²) >= 11 is 1.59. The molecule has 1 aromatic carbocycles. The first kappa shape index (κ1) is 14.5. The van der Waals surface area contributed by atoms with Crippen molar-refractivity contribution in [3.05, 3.63) is 47.3 Å². The summed E-state index contributed by atoms with van der Waals surface area (Å²) in [5.41, 5.74) is 9.41. The first-order valence-electron chi connectivity index (χ1n) is 6.22. The lowest BCUT2D eigenvalue weighted by Crippen LogP contribution is -2.11. The Kier molecular flexibility index (Phi) is 4.39. The number of rotatable bonds is 4. The Morgan fingerprint density at radius 2 is 2.15 bits per heavy atom. The second-order valence-corrected chi connectivity index (χ2v) is 5.47. The smallest absolute Gasteiger partial charge is 0.354 e. The third-order valence-electron chi connectivity index (χ3n) is 3.14. The largest absolute Gasteiger partial charge is 0.464 e. The molecular weight excluding hydrogens is 272 g/mol. The number of hydrogen-bond acceptors (Lipinski definition) is 4. The zero-order valence-electron chi connectivity index (χ0n) is 11.8. The Labute approximate surface area is 122 Å². The molecule has 0 atom stereocenters. The summed E-state index contributed by atoms with van der Waals surface area (Å²) in [7, 11) is 1.39. The van der Waals surface area contributed by atoms with E-state index in [1.807, 2.05) is 48.2 Å². The summed E-state index contributed by atoms with van der Waals surface area (Å²) in [5.74, 6) is -0.337. The highest BCUT2D eigenvalue weighted by Gasteiger charge is 2.15. The third kappa shape index (κ3) is 2.99. The molecular formula is C15H18N2O2S. The fourth-order valence-corrected chi connectivity index (χ4v) is 2.52. The molecule has 0 radical (unpaired) electrons. The van der Waals surface area contributed by atoms with E-state index >= 15 is 0 Å². The summed E-state index contributed by atoms with van der Waals surface area (Å²) in [6.45, 7) is 2.58. The minimum atomic E-state index is -0.337. The molecule has 4 nitrogen and oxygen atoms in total. The van der Waals surface area contributed by atoms with E-state index in [0.717, 1.165) is 21.7 Å². The molecule has 0 amide bonds. The molecule has 0 aliphatic heterocycles. The van der Waals surface area contributed by atoms with Crippen molar-refractivity contribution in [2.24, 2.45) is 0 Å². The molecule has 0 bridgehead atoms. The van der Waals surface area contributed by atoms with Gasteiger partial charge in [-0.05, 0) is 30.9 Å². The fraction of sp³-hybridized carbons (Fsp3) is 0.267. The van der Waals surface area contributed by atoms with Gasteiger partial charge in [-0.25, -0.2) is 4.79 Å². The Morgan fingerprint density at radius 3 is 2.80 bits per heavy atom. The predicted octanol–water partition coefficient (Wildman–Crippen LogP) is 2.94. The lowest BCUT2D eigenvalue weighted by atomic mass is 10.1. The van der Waals surface area contributed by atoms with Gasteiger partial charge < -0.3 is 15.0 Å². The lowest BCUT2D eigenvalue weighted by molar-refractivity contribution is 0.0589. The van der Waals surface area contributed by atoms with Crippen molar-refractivity contribution in [2.45, 2.75) is 18.4 Å². The van der Waals surface area contributed by atoms with E-state index < -0.39 is 0 Å². The maximum atomic E-state index is 11.8. The zero-order valence-corrected chi connectivity index (χ0v) is 12.7. The van der Waals surface area contributed by atoms with Crippen molar-refractivity contribution in [2.75, 3.05) is 19.1 Å². The Balaban J connectivity index is 2.39. The Morgan fingerprint density at radius 1 is 1.40 bits per heavy atom. The number of carbonyl (C=O) groups excluding carboxylic acids is 1. The number of nitrogens with zero attached hydrogens (tertiary/aromatic N) is 1. The van der Waals surface area contributed by atoms with Gasteiger partial charge in [-0.2, -0.15) is 0 Å². The molecule has 0 spiro atoms. The van der Waals surface area contributed by atoms with E-state index in [2.05, 4.69) is 0 Å². The number of aryl methyl sites for hydroxylation is 1. The van der Waals surface area contributed by atoms with Gasteiger partial charge in [0.25, 0.3) is 0 Å². The minimum absolute atomic E-state index is 0.337. The highest BCUT2D eigenvalue weighted by molar-refractivity contribution is 7.98. The molecule has 0 aliphatic rings. The minimum Gasteiger partial charge on any atom is -0.464 e. The van der Waals surface area contributed by atoms with Crippen LogP contribution in [0.3, 0.4) is 0 Å². The van der Waals surface area contributed by atoms with E-state index in [9.17, 15) is 4.79 Å². The van der Waals surface area contributed by atoms with Crippen LogP contribution in [-0.4, -0.2) is 23.9 Å². The Bertz CT molecular complexity index is 635. The number of anilines is 1. The normalized spacial score (nSPS) is 10.6. The first-order chi connectivity index (χ1) is 9.55. The van der Waals surface area contributed by atoms with Gasteiger partial charge in [0.2, 0.25) is 0 Å². The molecule has 2 rings (SSSR count). The summed E-state index contributed by atoms with van der Waals surface area (Å²) < 4.78 is 6.70. The van der Waals surface area contributed by atoms with Crippen LogP contribution in [0.4, 0.5) is 5.69 Å². The average molecular weight is 290 g/mol. The summed E-state index contributed by atoms with van der Waals surface area (Å²) in [6, 6.07) is 7.74. The average Bonchev–Trinajstić information content (AvgIpc) is 2.85. The van der Waals surface area contributed by atoms with Crippen molar-refractivity contribution in [1.82, 2.24) is 4.57 Å². The number of ether oxygens (including phenoxy) is 1. The van der Waals surface area contributed by atoms with Gasteiger partial charge in [-0.1, -0.05) is 17.7 Å². The van der Waals surface area contributed by atoms with Crippen molar-refractivity contribution in [3.63, 3.8) is 0 Å². The van der Waals surface area contributed by atoms with E-state index in [1.165, 1.54) is 7.11 Å². The summed E-state index contributed by atoms with van der Waals surface area (Å²) in [6.07, 6.45) is 3.92. The van der Waals surface area contributed by atoms with Crippen LogP contribution in [0.5, 0.6) is 0 Å². The molecule has 0 saturated heterocycles. The van der Waals surface area contributed by atoms with Gasteiger partial charge in [0.15, 0.2) is 0 Å². The molecule has 0 aliphatic carbocycles. The first-order valence-corrected chi connectivity index (χ1v) is 7.45. The van der Waals surface area contributed by atoms with Gasteiger partial charge in [0, 0.05) is 23.3 Å². The summed E-state index contributed by atoms with van der Waals surface area (Å²) in [5, 5.41) is 0. The maximum absolute atomic E-state index is 11.8. The molecule has 0 saturated carbocycles. The number of hydrogen-bond donors (Lipinski definition) is 1. The number of nitrogens with two attached hydrogens (primary N) is 1. The molecule has 0 fully saturated rings. The fourth-order valence-electron chi connectivity index (χ4n) is 2.06. The van der Waals surface area contributed by atoms with Crippen LogP contribution in [0.2, 0.25) is 0 Å². The number of thioether (sulfide) groups is 1. The van der Waals surface area contributed by atoms with Gasteiger partial charge >= 0.3 is 5.97 Å². The second-order valence-electron chi connectivity index (χ2n) is 4.59. The number of benzene rings is 1. The Hall–Kier alpha value is -1.88. The van der Waals surface area contributed by atoms with Crippen molar-refractivity contribution < 1.29 is 9.53 Å². The van der Waals surface area contributed by atoms with Crippen LogP contribution in [0.15, 0.2) is 35.4 Å². The third-order valence-corrected chi connectivity index (χ3v) is 3.84. The second kappa shape index (κ2) is 6.05. The van der Waals surface area contributed by atoms with Crippen LogP contribution in [0.1, 0.15) is 21.6 Å². The molecule has 20 heavy (non-hydrogen) atoms. The SMILES string of the molecule is COC(=O)c1cc(SC)cn1Cc1cc(C)ccc1N. The van der Waals surface area contributed by atoms with E-state index in [4.69, 9.17) is 10.5 Å². The molecule has 106 valence electrons. The van der Waals surface area contributed by atoms with Crippen molar-refractivity contribution >= 4 is 23.4 Å². The molecule has 0 unspecified atom stereocenters. The quantitative estimate of drug-likeness (QED) is 0.534. The van der Waals surface area contributed by atoms with Crippen LogP contribution in [0, 0.1) is 6.92 Å². The van der Waals surface area contributed by atoms with E-state index in [-0.39, 0.29) is 5.97 Å². The molecule has 1 aromatic heterocycles. The maximum Gasteiger partial charge on any atom is 0.354 e. The molecule has 1 heterocycles. The highest BCUT2D eigenvalue weighted by atomic mass is 32.2. The van der Waals surface area contributed by atoms with Gasteiger partial charge in [-0.15, -0.1) is 11.8 Å². The van der Waals surface area contributed by atoms with E-state index in [0.29, 0.717) is 12.2 Å².